The van der Waals surface area contributed by atoms with E-state index in [1.807, 2.05) is 6.20 Å². The van der Waals surface area contributed by atoms with E-state index in [9.17, 15) is 0 Å². The van der Waals surface area contributed by atoms with Gasteiger partial charge in [-0.3, -0.25) is 4.90 Å². The quantitative estimate of drug-likeness (QED) is 0.389. The number of unbranched alkanes of at least 4 members (excludes halogenated alkanes) is 5. The summed E-state index contributed by atoms with van der Waals surface area (Å²) in [5, 5.41) is 23.4. The Balaban J connectivity index is 0.000000711. The van der Waals surface area contributed by atoms with E-state index in [0.717, 1.165) is 12.8 Å². The van der Waals surface area contributed by atoms with Gasteiger partial charge in [0.15, 0.2) is 0 Å². The molecule has 0 bridgehead atoms. The van der Waals surface area contributed by atoms with E-state index in [0.29, 0.717) is 6.61 Å². The van der Waals surface area contributed by atoms with E-state index in [-0.39, 0.29) is 0 Å². The molecule has 0 aromatic heterocycles. The molecule has 1 aliphatic heterocycles. The number of nitrogens with one attached hydrogen (secondary N) is 1. The van der Waals surface area contributed by atoms with Gasteiger partial charge in [-0.15, -0.1) is 0 Å². The smallest absolute Gasteiger partial charge is 0.205 e. The second-order valence-electron chi connectivity index (χ2n) is 4.39. The Labute approximate surface area is 113 Å². The standard InChI is InChI=1S/C12H22N2O.NO3/c1-14-10-9-13-12(14)8-6-4-2-3-5-7-11-15;2-1(3)4/h9-10,15H,2-8,11H2,1H3;/q;-1/p+1. The fraction of sp³-hybridized carbons (Fsp3) is 0.750. The highest BCUT2D eigenvalue weighted by molar-refractivity contribution is 5.75. The number of rotatable bonds is 8. The predicted octanol–water partition coefficient (Wildman–Crippen LogP) is 0.868. The minimum Gasteiger partial charge on any atom is -0.396 e. The summed E-state index contributed by atoms with van der Waals surface area (Å²) in [7, 11) is 2.13. The average Bonchev–Trinajstić information content (AvgIpc) is 2.73. The Morgan fingerprint density at radius 1 is 1.21 bits per heavy atom. The van der Waals surface area contributed by atoms with Crippen molar-refractivity contribution in [1.29, 1.82) is 0 Å². The third-order valence-corrected chi connectivity index (χ3v) is 2.83. The Kier molecular flexibility index (Phi) is 10.7. The van der Waals surface area contributed by atoms with Crippen molar-refractivity contribution in [3.8, 4) is 0 Å². The van der Waals surface area contributed by atoms with Crippen LogP contribution in [-0.2, 0) is 0 Å². The van der Waals surface area contributed by atoms with Crippen LogP contribution in [-0.4, -0.2) is 29.7 Å². The molecule has 0 saturated carbocycles. The van der Waals surface area contributed by atoms with Gasteiger partial charge in [-0.25, -0.2) is 4.99 Å². The van der Waals surface area contributed by atoms with Gasteiger partial charge in [0.2, 0.25) is 5.84 Å². The first-order valence-corrected chi connectivity index (χ1v) is 6.57. The Morgan fingerprint density at radius 2 is 1.74 bits per heavy atom. The lowest BCUT2D eigenvalue weighted by Gasteiger charge is -2.05. The highest BCUT2D eigenvalue weighted by Crippen LogP contribution is 2.07. The molecule has 1 unspecified atom stereocenters. The van der Waals surface area contributed by atoms with Crippen LogP contribution in [0.4, 0.5) is 0 Å². The van der Waals surface area contributed by atoms with E-state index >= 15 is 0 Å². The first-order valence-electron chi connectivity index (χ1n) is 6.57. The maximum Gasteiger partial charge on any atom is 0.205 e. The van der Waals surface area contributed by atoms with Crippen molar-refractivity contribution in [3.05, 3.63) is 27.7 Å². The van der Waals surface area contributed by atoms with Crippen molar-refractivity contribution in [3.63, 3.8) is 0 Å². The molecule has 2 N–H and O–H groups in total. The fourth-order valence-corrected chi connectivity index (χ4v) is 1.81. The molecule has 0 aromatic rings. The van der Waals surface area contributed by atoms with Crippen LogP contribution < -0.4 is 4.90 Å². The third-order valence-electron chi connectivity index (χ3n) is 2.83. The highest BCUT2D eigenvalue weighted by Gasteiger charge is 2.12. The molecule has 0 aliphatic carbocycles. The molecular formula is C12H23N3O4. The van der Waals surface area contributed by atoms with Crippen molar-refractivity contribution in [1.82, 2.24) is 0 Å². The molecule has 0 saturated heterocycles. The molecule has 1 heterocycles. The minimum absolute atomic E-state index is 0.344. The zero-order chi connectivity index (χ0) is 14.5. The van der Waals surface area contributed by atoms with Crippen molar-refractivity contribution >= 4 is 5.84 Å². The van der Waals surface area contributed by atoms with E-state index in [1.165, 1.54) is 42.8 Å². The van der Waals surface area contributed by atoms with E-state index in [2.05, 4.69) is 18.2 Å². The molecule has 1 aliphatic rings. The Bertz CT molecular complexity index is 301. The first kappa shape index (κ1) is 17.5. The molecule has 19 heavy (non-hydrogen) atoms. The molecule has 7 nitrogen and oxygen atoms in total. The van der Waals surface area contributed by atoms with Crippen molar-refractivity contribution in [2.75, 3.05) is 13.7 Å². The lowest BCUT2D eigenvalue weighted by atomic mass is 10.1. The summed E-state index contributed by atoms with van der Waals surface area (Å²) in [4.78, 5) is 13.9. The van der Waals surface area contributed by atoms with Crippen LogP contribution in [0.5, 0.6) is 0 Å². The van der Waals surface area contributed by atoms with Crippen LogP contribution in [0.25, 0.3) is 0 Å². The van der Waals surface area contributed by atoms with Gasteiger partial charge in [0.05, 0.1) is 18.3 Å². The van der Waals surface area contributed by atoms with E-state index in [1.54, 1.807) is 0 Å². The summed E-state index contributed by atoms with van der Waals surface area (Å²) >= 11 is 0. The van der Waals surface area contributed by atoms with Crippen molar-refractivity contribution < 1.29 is 15.1 Å². The second kappa shape index (κ2) is 11.6. The van der Waals surface area contributed by atoms with Gasteiger partial charge in [0.1, 0.15) is 6.20 Å². The number of aliphatic hydroxyl groups is 1. The fourth-order valence-electron chi connectivity index (χ4n) is 1.81. The van der Waals surface area contributed by atoms with Crippen LogP contribution in [0.1, 0.15) is 44.9 Å². The molecule has 7 heteroatoms. The van der Waals surface area contributed by atoms with Crippen molar-refractivity contribution in [2.45, 2.75) is 44.9 Å². The summed E-state index contributed by atoms with van der Waals surface area (Å²) in [6.45, 7) is 0.344. The molecule has 1 atom stereocenters. The van der Waals surface area contributed by atoms with Crippen molar-refractivity contribution in [2.24, 2.45) is 4.99 Å². The molecule has 0 radical (unpaired) electrons. The molecule has 0 amide bonds. The summed E-state index contributed by atoms with van der Waals surface area (Å²) < 4.78 is 0. The lowest BCUT2D eigenvalue weighted by Crippen LogP contribution is -3.06. The highest BCUT2D eigenvalue weighted by atomic mass is 16.9. The molecule has 110 valence electrons. The molecular weight excluding hydrogens is 250 g/mol. The second-order valence-corrected chi connectivity index (χ2v) is 4.39. The maximum absolute atomic E-state index is 8.62. The summed E-state index contributed by atoms with van der Waals surface area (Å²) in [5.41, 5.74) is 0. The van der Waals surface area contributed by atoms with Gasteiger partial charge in [-0.05, 0) is 12.8 Å². The monoisotopic (exact) mass is 273 g/mol. The summed E-state index contributed by atoms with van der Waals surface area (Å²) in [6, 6.07) is 0. The lowest BCUT2D eigenvalue weighted by molar-refractivity contribution is -0.719. The zero-order valence-electron chi connectivity index (χ0n) is 11.4. The van der Waals surface area contributed by atoms with Crippen LogP contribution in [0.15, 0.2) is 17.4 Å². The van der Waals surface area contributed by atoms with E-state index in [4.69, 9.17) is 20.4 Å². The zero-order valence-corrected chi connectivity index (χ0v) is 11.4. The number of amidine groups is 1. The number of aliphatic hydroxyl groups excluding tert-OH is 1. The molecule has 1 rings (SSSR count). The number of hydrogen-bond donors (Lipinski definition) is 2. The number of quaternary nitrogens is 1. The third kappa shape index (κ3) is 11.4. The molecule has 0 fully saturated rings. The van der Waals surface area contributed by atoms with Crippen LogP contribution in [0.2, 0.25) is 0 Å². The largest absolute Gasteiger partial charge is 0.396 e. The molecule has 0 spiro atoms. The van der Waals surface area contributed by atoms with Gasteiger partial charge in [0.25, 0.3) is 0 Å². The number of hydrogen-bond acceptors (Lipinski definition) is 5. The maximum atomic E-state index is 8.62. The van der Waals surface area contributed by atoms with Gasteiger partial charge in [0, 0.05) is 13.0 Å². The van der Waals surface area contributed by atoms with Gasteiger partial charge in [-0.2, -0.15) is 0 Å². The van der Waals surface area contributed by atoms with Crippen LogP contribution in [0, 0.1) is 15.3 Å². The Hall–Kier alpha value is -1.47. The summed E-state index contributed by atoms with van der Waals surface area (Å²) in [6.07, 6.45) is 12.3. The van der Waals surface area contributed by atoms with E-state index < -0.39 is 5.09 Å². The summed E-state index contributed by atoms with van der Waals surface area (Å²) in [5.74, 6) is 1.27. The predicted molar refractivity (Wildman–Crippen MR) is 73.2 cm³/mol. The Morgan fingerprint density at radius 3 is 2.21 bits per heavy atom. The van der Waals surface area contributed by atoms with Gasteiger partial charge in [-0.1, -0.05) is 25.7 Å². The SMILES string of the molecule is C[NH+]1C=CN=C1CCCCCCCCO.O=[N+]([O-])[O-]. The normalized spacial score (nSPS) is 16.7. The first-order chi connectivity index (χ1) is 9.07. The van der Waals surface area contributed by atoms with Crippen LogP contribution in [0.3, 0.4) is 0 Å². The minimum atomic E-state index is -1.75. The number of aliphatic imine (C=N–C) groups is 1. The van der Waals surface area contributed by atoms with Gasteiger partial charge < -0.3 is 20.4 Å². The van der Waals surface area contributed by atoms with Crippen LogP contribution >= 0.6 is 0 Å². The topological polar surface area (TPSA) is 103 Å². The molecule has 0 aromatic carbocycles. The average molecular weight is 273 g/mol. The van der Waals surface area contributed by atoms with Gasteiger partial charge >= 0.3 is 0 Å². The number of nitrogens with zero attached hydrogens (tertiary/aromatic N) is 2.